The summed E-state index contributed by atoms with van der Waals surface area (Å²) in [6, 6.07) is 25.3. The van der Waals surface area contributed by atoms with Crippen LogP contribution in [0, 0.1) is 0 Å². The highest BCUT2D eigenvalue weighted by molar-refractivity contribution is 7.92. The molecule has 9 nitrogen and oxygen atoms in total. The van der Waals surface area contributed by atoms with Crippen LogP contribution >= 0.6 is 23.2 Å². The summed E-state index contributed by atoms with van der Waals surface area (Å²) in [4.78, 5) is 29.8. The van der Waals surface area contributed by atoms with Gasteiger partial charge in [-0.3, -0.25) is 13.9 Å². The summed E-state index contributed by atoms with van der Waals surface area (Å²) in [6.07, 6.45) is 0.148. The number of anilines is 1. The summed E-state index contributed by atoms with van der Waals surface area (Å²) in [7, 11) is -1.41. The van der Waals surface area contributed by atoms with E-state index in [0.717, 1.165) is 9.87 Å². The van der Waals surface area contributed by atoms with E-state index in [4.69, 9.17) is 32.7 Å². The maximum absolute atomic E-state index is 14.6. The van der Waals surface area contributed by atoms with E-state index in [1.165, 1.54) is 43.4 Å². The molecule has 0 saturated heterocycles. The number of carbonyl (C=O) groups excluding carboxylic acids is 2. The summed E-state index contributed by atoms with van der Waals surface area (Å²) >= 11 is 13.1. The van der Waals surface area contributed by atoms with E-state index in [1.54, 1.807) is 42.5 Å². The Balaban J connectivity index is 1.87. The van der Waals surface area contributed by atoms with E-state index >= 15 is 0 Å². The first-order chi connectivity index (χ1) is 22.5. The number of hydrogen-bond acceptors (Lipinski definition) is 6. The van der Waals surface area contributed by atoms with Gasteiger partial charge in [-0.1, -0.05) is 77.8 Å². The lowest BCUT2D eigenvalue weighted by Crippen LogP contribution is -2.54. The number of benzene rings is 4. The number of hydrogen-bond donors (Lipinski definition) is 1. The minimum absolute atomic E-state index is 0.0262. The Morgan fingerprint density at radius 2 is 1.40 bits per heavy atom. The molecule has 0 saturated carbocycles. The molecule has 0 unspecified atom stereocenters. The smallest absolute Gasteiger partial charge is 0.264 e. The van der Waals surface area contributed by atoms with Crippen molar-refractivity contribution in [3.8, 4) is 11.5 Å². The third-order valence-electron chi connectivity index (χ3n) is 7.36. The van der Waals surface area contributed by atoms with Crippen LogP contribution in [0.2, 0.25) is 10.0 Å². The van der Waals surface area contributed by atoms with Crippen LogP contribution in [0.15, 0.2) is 102 Å². The standard InChI is InChI=1S/C35H37Cl2N3O6S/c1-24(2)38-35(42)31(20-25-12-7-5-8-13-25)39(22-28-29(36)16-11-17-30(28)37)34(41)23-40(47(43,44)27-14-9-6-10-15-27)26-18-19-32(45-3)33(21-26)46-4/h5-19,21,24,31H,20,22-23H2,1-4H3,(H,38,42)/t31-/m1/s1. The number of carbonyl (C=O) groups is 2. The second-order valence-electron chi connectivity index (χ2n) is 11.0. The Hall–Kier alpha value is -4.25. The molecule has 1 N–H and O–H groups in total. The Morgan fingerprint density at radius 1 is 0.809 bits per heavy atom. The zero-order valence-electron chi connectivity index (χ0n) is 26.5. The van der Waals surface area contributed by atoms with Crippen molar-refractivity contribution in [3.05, 3.63) is 118 Å². The molecule has 47 heavy (non-hydrogen) atoms. The normalized spacial score (nSPS) is 11.9. The Kier molecular flexibility index (Phi) is 12.1. The molecule has 2 amide bonds. The van der Waals surface area contributed by atoms with Crippen molar-refractivity contribution in [1.82, 2.24) is 10.2 Å². The van der Waals surface area contributed by atoms with Gasteiger partial charge in [0.05, 0.1) is 24.8 Å². The Morgan fingerprint density at radius 3 is 1.98 bits per heavy atom. The zero-order chi connectivity index (χ0) is 34.1. The first kappa shape index (κ1) is 35.6. The topological polar surface area (TPSA) is 105 Å². The monoisotopic (exact) mass is 697 g/mol. The van der Waals surface area contributed by atoms with Crippen LogP contribution in [0.5, 0.6) is 11.5 Å². The average molecular weight is 699 g/mol. The number of sulfonamides is 1. The Bertz CT molecular complexity index is 1770. The molecule has 1 atom stereocenters. The summed E-state index contributed by atoms with van der Waals surface area (Å²) < 4.78 is 40.2. The molecule has 4 aromatic rings. The van der Waals surface area contributed by atoms with Crippen LogP contribution in [0.25, 0.3) is 0 Å². The van der Waals surface area contributed by atoms with Crippen molar-refractivity contribution >= 4 is 50.7 Å². The first-order valence-corrected chi connectivity index (χ1v) is 17.0. The fourth-order valence-electron chi connectivity index (χ4n) is 5.02. The molecule has 0 bridgehead atoms. The number of methoxy groups -OCH3 is 2. The molecule has 0 aliphatic carbocycles. The van der Waals surface area contributed by atoms with Gasteiger partial charge in [0.1, 0.15) is 12.6 Å². The minimum Gasteiger partial charge on any atom is -0.493 e. The molecule has 0 aromatic heterocycles. The number of nitrogens with one attached hydrogen (secondary N) is 1. The molecule has 0 heterocycles. The van der Waals surface area contributed by atoms with Crippen molar-refractivity contribution < 1.29 is 27.5 Å². The van der Waals surface area contributed by atoms with Crippen LogP contribution in [-0.2, 0) is 32.6 Å². The van der Waals surface area contributed by atoms with E-state index in [1.807, 2.05) is 44.2 Å². The molecule has 4 rings (SSSR count). The second kappa shape index (κ2) is 16.0. The van der Waals surface area contributed by atoms with Crippen LogP contribution in [-0.4, -0.2) is 58.0 Å². The average Bonchev–Trinajstić information content (AvgIpc) is 3.06. The lowest BCUT2D eigenvalue weighted by molar-refractivity contribution is -0.140. The van der Waals surface area contributed by atoms with Gasteiger partial charge in [-0.2, -0.15) is 0 Å². The number of halogens is 2. The maximum Gasteiger partial charge on any atom is 0.264 e. The van der Waals surface area contributed by atoms with Crippen LogP contribution < -0.4 is 19.1 Å². The fourth-order valence-corrected chi connectivity index (χ4v) is 6.96. The highest BCUT2D eigenvalue weighted by Crippen LogP contribution is 2.34. The number of rotatable bonds is 14. The molecule has 12 heteroatoms. The van der Waals surface area contributed by atoms with E-state index in [9.17, 15) is 18.0 Å². The van der Waals surface area contributed by atoms with Crippen molar-refractivity contribution in [2.75, 3.05) is 25.1 Å². The molecule has 0 aliphatic heterocycles. The van der Waals surface area contributed by atoms with Gasteiger partial charge in [0.15, 0.2) is 11.5 Å². The van der Waals surface area contributed by atoms with Crippen molar-refractivity contribution in [2.24, 2.45) is 0 Å². The molecule has 4 aromatic carbocycles. The van der Waals surface area contributed by atoms with Crippen LogP contribution in [0.1, 0.15) is 25.0 Å². The molecule has 0 spiro atoms. The third-order valence-corrected chi connectivity index (χ3v) is 9.85. The predicted octanol–water partition coefficient (Wildman–Crippen LogP) is 6.37. The second-order valence-corrected chi connectivity index (χ2v) is 13.6. The van der Waals surface area contributed by atoms with Gasteiger partial charge < -0.3 is 19.7 Å². The minimum atomic E-state index is -4.30. The van der Waals surface area contributed by atoms with E-state index < -0.39 is 34.4 Å². The highest BCUT2D eigenvalue weighted by Gasteiger charge is 2.35. The van der Waals surface area contributed by atoms with Gasteiger partial charge in [-0.15, -0.1) is 0 Å². The van der Waals surface area contributed by atoms with Gasteiger partial charge >= 0.3 is 0 Å². The molecule has 0 fully saturated rings. The van der Waals surface area contributed by atoms with Gasteiger partial charge in [0.25, 0.3) is 10.0 Å². The largest absolute Gasteiger partial charge is 0.493 e. The summed E-state index contributed by atoms with van der Waals surface area (Å²) in [6.45, 7) is 2.82. The lowest BCUT2D eigenvalue weighted by atomic mass is 10.0. The van der Waals surface area contributed by atoms with Crippen molar-refractivity contribution in [1.29, 1.82) is 0 Å². The van der Waals surface area contributed by atoms with E-state index in [2.05, 4.69) is 5.32 Å². The molecule has 0 aliphatic rings. The first-order valence-electron chi connectivity index (χ1n) is 14.8. The molecule has 0 radical (unpaired) electrons. The zero-order valence-corrected chi connectivity index (χ0v) is 28.9. The van der Waals surface area contributed by atoms with Gasteiger partial charge in [-0.25, -0.2) is 8.42 Å². The molecular formula is C35H37Cl2N3O6S. The molecule has 248 valence electrons. The third kappa shape index (κ3) is 8.77. The number of amides is 2. The number of nitrogens with zero attached hydrogens (tertiary/aromatic N) is 2. The summed E-state index contributed by atoms with van der Waals surface area (Å²) in [5.74, 6) is -0.425. The maximum atomic E-state index is 14.6. The summed E-state index contributed by atoms with van der Waals surface area (Å²) in [5, 5.41) is 3.52. The quantitative estimate of drug-likeness (QED) is 0.164. The van der Waals surface area contributed by atoms with Crippen LogP contribution in [0.4, 0.5) is 5.69 Å². The SMILES string of the molecule is COc1ccc(N(CC(=O)N(Cc2c(Cl)cccc2Cl)[C@H](Cc2ccccc2)C(=O)NC(C)C)S(=O)(=O)c2ccccc2)cc1OC. The van der Waals surface area contributed by atoms with E-state index in [-0.39, 0.29) is 35.3 Å². The van der Waals surface area contributed by atoms with Crippen LogP contribution in [0.3, 0.4) is 0 Å². The van der Waals surface area contributed by atoms with Crippen molar-refractivity contribution in [2.45, 2.75) is 43.8 Å². The van der Waals surface area contributed by atoms with Gasteiger partial charge in [0.2, 0.25) is 11.8 Å². The summed E-state index contributed by atoms with van der Waals surface area (Å²) in [5.41, 5.74) is 1.37. The lowest BCUT2D eigenvalue weighted by Gasteiger charge is -2.34. The predicted molar refractivity (Wildman–Crippen MR) is 185 cm³/mol. The molecular weight excluding hydrogens is 661 g/mol. The fraction of sp³-hybridized carbons (Fsp3) is 0.257. The Labute approximate surface area is 286 Å². The van der Waals surface area contributed by atoms with E-state index in [0.29, 0.717) is 21.4 Å². The van der Waals surface area contributed by atoms with Gasteiger partial charge in [-0.05, 0) is 55.8 Å². The van der Waals surface area contributed by atoms with Crippen molar-refractivity contribution in [3.63, 3.8) is 0 Å². The van der Waals surface area contributed by atoms with Gasteiger partial charge in [0, 0.05) is 40.7 Å². The number of ether oxygens (including phenoxy) is 2. The highest BCUT2D eigenvalue weighted by atomic mass is 35.5.